The quantitative estimate of drug-likeness (QED) is 0.748. The molecule has 0 heterocycles. The minimum Gasteiger partial charge on any atom is -0.356 e. The highest BCUT2D eigenvalue weighted by Crippen LogP contribution is 2.13. The Labute approximate surface area is 143 Å². The van der Waals surface area contributed by atoms with Crippen molar-refractivity contribution in [3.05, 3.63) is 65.7 Å². The fourth-order valence-electron chi connectivity index (χ4n) is 2.34. The lowest BCUT2D eigenvalue weighted by Crippen LogP contribution is -2.26. The topological polar surface area (TPSA) is 63.2 Å². The van der Waals surface area contributed by atoms with Crippen LogP contribution in [0.15, 0.2) is 59.5 Å². The van der Waals surface area contributed by atoms with Gasteiger partial charge in [0.1, 0.15) is 0 Å². The minimum atomic E-state index is -3.41. The van der Waals surface area contributed by atoms with Crippen molar-refractivity contribution in [1.82, 2.24) is 5.32 Å². The molecule has 2 aromatic carbocycles. The van der Waals surface area contributed by atoms with Gasteiger partial charge in [0.25, 0.3) is 0 Å². The highest BCUT2D eigenvalue weighted by molar-refractivity contribution is 7.91. The highest BCUT2D eigenvalue weighted by Gasteiger charge is 2.16. The van der Waals surface area contributed by atoms with Gasteiger partial charge in [0.2, 0.25) is 5.91 Å². The van der Waals surface area contributed by atoms with E-state index in [9.17, 15) is 13.2 Å². The van der Waals surface area contributed by atoms with Crippen LogP contribution in [0.2, 0.25) is 0 Å². The summed E-state index contributed by atoms with van der Waals surface area (Å²) in [6.07, 6.45) is 1.71. The monoisotopic (exact) mass is 345 g/mol. The van der Waals surface area contributed by atoms with E-state index in [2.05, 4.69) is 17.4 Å². The van der Waals surface area contributed by atoms with Crippen LogP contribution < -0.4 is 5.32 Å². The van der Waals surface area contributed by atoms with Crippen molar-refractivity contribution in [2.24, 2.45) is 0 Å². The Morgan fingerprint density at radius 1 is 1.00 bits per heavy atom. The molecule has 0 unspecified atom stereocenters. The lowest BCUT2D eigenvalue weighted by Gasteiger charge is -2.07. The molecule has 0 aliphatic carbocycles. The molecule has 1 amide bonds. The molecule has 4 nitrogen and oxygen atoms in total. The van der Waals surface area contributed by atoms with E-state index in [0.29, 0.717) is 6.54 Å². The molecule has 128 valence electrons. The molecule has 0 atom stereocenters. The summed E-state index contributed by atoms with van der Waals surface area (Å²) in [6, 6.07) is 16.7. The highest BCUT2D eigenvalue weighted by atomic mass is 32.2. The SMILES string of the molecule is Cc1ccc(S(=O)(=O)CCC(=O)NCCCc2ccccc2)cc1. The van der Waals surface area contributed by atoms with Gasteiger partial charge in [-0.05, 0) is 37.5 Å². The van der Waals surface area contributed by atoms with Crippen LogP contribution in [0.25, 0.3) is 0 Å². The van der Waals surface area contributed by atoms with Crippen LogP contribution in [-0.2, 0) is 21.1 Å². The van der Waals surface area contributed by atoms with Crippen LogP contribution in [-0.4, -0.2) is 26.6 Å². The second-order valence-corrected chi connectivity index (χ2v) is 7.93. The van der Waals surface area contributed by atoms with Crippen LogP contribution in [0.3, 0.4) is 0 Å². The summed E-state index contributed by atoms with van der Waals surface area (Å²) in [6.45, 7) is 2.46. The third-order valence-electron chi connectivity index (χ3n) is 3.79. The molecule has 0 aliphatic heterocycles. The Hall–Kier alpha value is -2.14. The van der Waals surface area contributed by atoms with E-state index in [1.54, 1.807) is 24.3 Å². The molecule has 24 heavy (non-hydrogen) atoms. The first-order valence-electron chi connectivity index (χ1n) is 8.07. The average molecular weight is 345 g/mol. The van der Waals surface area contributed by atoms with Crippen molar-refractivity contribution >= 4 is 15.7 Å². The Morgan fingerprint density at radius 2 is 1.67 bits per heavy atom. The van der Waals surface area contributed by atoms with E-state index in [4.69, 9.17) is 0 Å². The fourth-order valence-corrected chi connectivity index (χ4v) is 3.58. The number of rotatable bonds is 8. The molecule has 5 heteroatoms. The Morgan fingerprint density at radius 3 is 2.33 bits per heavy atom. The summed E-state index contributed by atoms with van der Waals surface area (Å²) in [5.41, 5.74) is 2.24. The second kappa shape index (κ2) is 8.64. The van der Waals surface area contributed by atoms with Crippen molar-refractivity contribution in [2.45, 2.75) is 31.1 Å². The molecule has 0 spiro atoms. The van der Waals surface area contributed by atoms with Gasteiger partial charge < -0.3 is 5.32 Å². The number of nitrogens with one attached hydrogen (secondary N) is 1. The van der Waals surface area contributed by atoms with Crippen molar-refractivity contribution in [3.63, 3.8) is 0 Å². The predicted molar refractivity (Wildman–Crippen MR) is 95.6 cm³/mol. The van der Waals surface area contributed by atoms with Crippen LogP contribution in [0.5, 0.6) is 0 Å². The van der Waals surface area contributed by atoms with Gasteiger partial charge in [0.15, 0.2) is 9.84 Å². The minimum absolute atomic E-state index is 0.0124. The first-order valence-corrected chi connectivity index (χ1v) is 9.73. The number of sulfone groups is 1. The number of benzene rings is 2. The third-order valence-corrected chi connectivity index (χ3v) is 5.52. The van der Waals surface area contributed by atoms with Crippen LogP contribution in [0, 0.1) is 6.92 Å². The maximum absolute atomic E-state index is 12.2. The molecule has 0 aliphatic rings. The zero-order valence-electron chi connectivity index (χ0n) is 13.9. The number of amides is 1. The Kier molecular flexibility index (Phi) is 6.55. The molecule has 0 saturated heterocycles. The van der Waals surface area contributed by atoms with Crippen molar-refractivity contribution in [1.29, 1.82) is 0 Å². The van der Waals surface area contributed by atoms with E-state index >= 15 is 0 Å². The number of hydrogen-bond donors (Lipinski definition) is 1. The van der Waals surface area contributed by atoms with Gasteiger partial charge in [-0.2, -0.15) is 0 Å². The zero-order valence-corrected chi connectivity index (χ0v) is 14.7. The van der Waals surface area contributed by atoms with Gasteiger partial charge >= 0.3 is 0 Å². The number of aryl methyl sites for hydroxylation is 2. The van der Waals surface area contributed by atoms with Crippen LogP contribution >= 0.6 is 0 Å². The van der Waals surface area contributed by atoms with Gasteiger partial charge in [0.05, 0.1) is 10.6 Å². The van der Waals surface area contributed by atoms with Crippen LogP contribution in [0.1, 0.15) is 24.0 Å². The predicted octanol–water partition coefficient (Wildman–Crippen LogP) is 2.91. The summed E-state index contributed by atoms with van der Waals surface area (Å²) in [5, 5.41) is 2.78. The van der Waals surface area contributed by atoms with Gasteiger partial charge in [-0.1, -0.05) is 48.0 Å². The molecule has 0 aromatic heterocycles. The smallest absolute Gasteiger partial charge is 0.221 e. The Bertz CT molecular complexity index is 753. The van der Waals surface area contributed by atoms with E-state index < -0.39 is 9.84 Å². The first-order chi connectivity index (χ1) is 11.5. The van der Waals surface area contributed by atoms with E-state index in [1.165, 1.54) is 5.56 Å². The summed E-state index contributed by atoms with van der Waals surface area (Å²) in [7, 11) is -3.41. The van der Waals surface area contributed by atoms with Crippen molar-refractivity contribution in [2.75, 3.05) is 12.3 Å². The maximum Gasteiger partial charge on any atom is 0.221 e. The van der Waals surface area contributed by atoms with Gasteiger partial charge in [-0.3, -0.25) is 4.79 Å². The molecule has 2 aromatic rings. The summed E-state index contributed by atoms with van der Waals surface area (Å²) in [4.78, 5) is 12.1. The summed E-state index contributed by atoms with van der Waals surface area (Å²) < 4.78 is 24.4. The van der Waals surface area contributed by atoms with E-state index in [-0.39, 0.29) is 23.0 Å². The maximum atomic E-state index is 12.2. The normalized spacial score (nSPS) is 11.2. The Balaban J connectivity index is 1.71. The average Bonchev–Trinajstić information content (AvgIpc) is 2.58. The number of hydrogen-bond acceptors (Lipinski definition) is 3. The van der Waals surface area contributed by atoms with Crippen molar-refractivity contribution < 1.29 is 13.2 Å². The molecule has 1 N–H and O–H groups in total. The lowest BCUT2D eigenvalue weighted by atomic mass is 10.1. The number of carbonyl (C=O) groups is 1. The van der Waals surface area contributed by atoms with Gasteiger partial charge in [-0.15, -0.1) is 0 Å². The summed E-state index contributed by atoms with van der Waals surface area (Å²) >= 11 is 0. The fraction of sp³-hybridized carbons (Fsp3) is 0.316. The molecule has 0 radical (unpaired) electrons. The standard InChI is InChI=1S/C19H23NO3S/c1-16-9-11-18(12-10-16)24(22,23)15-13-19(21)20-14-5-8-17-6-3-2-4-7-17/h2-4,6-7,9-12H,5,8,13-15H2,1H3,(H,20,21). The third kappa shape index (κ3) is 5.81. The molecule has 2 rings (SSSR count). The van der Waals surface area contributed by atoms with Gasteiger partial charge in [-0.25, -0.2) is 8.42 Å². The van der Waals surface area contributed by atoms with Gasteiger partial charge in [0, 0.05) is 13.0 Å². The number of carbonyl (C=O) groups excluding carboxylic acids is 1. The molecular weight excluding hydrogens is 322 g/mol. The second-order valence-electron chi connectivity index (χ2n) is 5.82. The summed E-state index contributed by atoms with van der Waals surface area (Å²) in [5.74, 6) is -0.389. The molecular formula is C19H23NO3S. The molecule has 0 saturated carbocycles. The molecule has 0 bridgehead atoms. The first kappa shape index (κ1) is 18.2. The van der Waals surface area contributed by atoms with E-state index in [1.807, 2.05) is 25.1 Å². The van der Waals surface area contributed by atoms with Crippen LogP contribution in [0.4, 0.5) is 0 Å². The largest absolute Gasteiger partial charge is 0.356 e. The lowest BCUT2D eigenvalue weighted by molar-refractivity contribution is -0.120. The van der Waals surface area contributed by atoms with Crippen molar-refractivity contribution in [3.8, 4) is 0 Å². The zero-order chi connectivity index (χ0) is 17.4. The van der Waals surface area contributed by atoms with E-state index in [0.717, 1.165) is 18.4 Å². The molecule has 0 fully saturated rings.